The summed E-state index contributed by atoms with van der Waals surface area (Å²) in [5.41, 5.74) is 2.23. The first kappa shape index (κ1) is 27.9. The molecule has 1 aliphatic rings. The minimum absolute atomic E-state index is 0.544. The number of carboxylic acids is 2. The lowest BCUT2D eigenvalue weighted by atomic mass is 10.1. The summed E-state index contributed by atoms with van der Waals surface area (Å²) in [6.45, 7) is 13.2. The Bertz CT molecular complexity index is 1240. The molecule has 1 fully saturated rings. The number of rotatable bonds is 11. The van der Waals surface area contributed by atoms with Crippen LogP contribution in [0.15, 0.2) is 72.4 Å². The molecule has 0 bridgehead atoms. The van der Waals surface area contributed by atoms with E-state index in [1.54, 1.807) is 18.4 Å². The summed E-state index contributed by atoms with van der Waals surface area (Å²) >= 11 is 0. The van der Waals surface area contributed by atoms with Gasteiger partial charge in [-0.15, -0.1) is 13.2 Å². The third-order valence-corrected chi connectivity index (χ3v) is 5.38. The smallest absolute Gasteiger partial charge is 0.328 e. The molecule has 2 aromatic heterocycles. The molecule has 4 rings (SSSR count). The molecular formula is C26H31N7O5. The summed E-state index contributed by atoms with van der Waals surface area (Å²) in [7, 11) is 0. The van der Waals surface area contributed by atoms with Crippen molar-refractivity contribution >= 4 is 40.8 Å². The van der Waals surface area contributed by atoms with Crippen molar-refractivity contribution in [1.29, 1.82) is 0 Å². The predicted octanol–water partition coefficient (Wildman–Crippen LogP) is 2.85. The summed E-state index contributed by atoms with van der Waals surface area (Å²) in [5, 5.41) is 23.1. The number of nitrogens with zero attached hydrogens (tertiary/aromatic N) is 5. The van der Waals surface area contributed by atoms with Gasteiger partial charge in [-0.05, 0) is 23.8 Å². The molecule has 3 heterocycles. The molecule has 200 valence electrons. The Balaban J connectivity index is 0.000000436. The van der Waals surface area contributed by atoms with E-state index in [-0.39, 0.29) is 0 Å². The Kier molecular flexibility index (Phi) is 10.4. The largest absolute Gasteiger partial charge is 0.478 e. The van der Waals surface area contributed by atoms with Crippen molar-refractivity contribution in [1.82, 2.24) is 19.9 Å². The van der Waals surface area contributed by atoms with Gasteiger partial charge in [0.25, 0.3) is 0 Å². The highest BCUT2D eigenvalue weighted by Gasteiger charge is 2.20. The lowest BCUT2D eigenvalue weighted by Crippen LogP contribution is -2.46. The molecule has 4 N–H and O–H groups in total. The number of anilines is 3. The number of benzene rings is 1. The van der Waals surface area contributed by atoms with Crippen molar-refractivity contribution in [3.05, 3.63) is 73.6 Å². The summed E-state index contributed by atoms with van der Waals surface area (Å²) in [5.74, 6) is -0.744. The van der Waals surface area contributed by atoms with E-state index < -0.39 is 11.9 Å². The summed E-state index contributed by atoms with van der Waals surface area (Å²) in [6.07, 6.45) is 6.41. The molecule has 3 aromatic rings. The topological polar surface area (TPSA) is 157 Å². The molecule has 0 aliphatic carbocycles. The van der Waals surface area contributed by atoms with Gasteiger partial charge < -0.3 is 30.2 Å². The average Bonchev–Trinajstić information content (AvgIpc) is 3.38. The van der Waals surface area contributed by atoms with Crippen molar-refractivity contribution in [2.45, 2.75) is 6.54 Å². The second kappa shape index (κ2) is 14.1. The second-order valence-corrected chi connectivity index (χ2v) is 8.19. The number of nitrogens with one attached hydrogen (secondary N) is 2. The molecule has 0 saturated carbocycles. The van der Waals surface area contributed by atoms with Gasteiger partial charge in [0, 0.05) is 63.4 Å². The average molecular weight is 522 g/mol. The van der Waals surface area contributed by atoms with E-state index in [9.17, 15) is 9.59 Å². The SMILES string of the molecule is C=CCNc1nc(NCC=C)nc(N2CCN(Cc3ccc4occc4c3)CC2)n1.O=C(O)/C=C/C(=O)O. The van der Waals surface area contributed by atoms with Crippen LogP contribution < -0.4 is 15.5 Å². The van der Waals surface area contributed by atoms with Crippen molar-refractivity contribution in [2.75, 3.05) is 54.8 Å². The minimum atomic E-state index is -1.26. The summed E-state index contributed by atoms with van der Waals surface area (Å²) < 4.78 is 5.43. The maximum atomic E-state index is 9.55. The van der Waals surface area contributed by atoms with Gasteiger partial charge in [-0.3, -0.25) is 4.90 Å². The van der Waals surface area contributed by atoms with Gasteiger partial charge in [-0.25, -0.2) is 9.59 Å². The molecule has 12 heteroatoms. The van der Waals surface area contributed by atoms with Gasteiger partial charge in [0.2, 0.25) is 17.8 Å². The zero-order chi connectivity index (χ0) is 27.3. The van der Waals surface area contributed by atoms with Crippen LogP contribution in [0.1, 0.15) is 5.56 Å². The van der Waals surface area contributed by atoms with Crippen LogP contribution in [0.4, 0.5) is 17.8 Å². The number of aromatic nitrogens is 3. The normalized spacial score (nSPS) is 13.5. The fraction of sp³-hybridized carbons (Fsp3) is 0.269. The van der Waals surface area contributed by atoms with Crippen LogP contribution in [0.2, 0.25) is 0 Å². The molecule has 38 heavy (non-hydrogen) atoms. The van der Waals surface area contributed by atoms with Crippen molar-refractivity contribution in [2.24, 2.45) is 0 Å². The van der Waals surface area contributed by atoms with Gasteiger partial charge in [0.05, 0.1) is 6.26 Å². The maximum Gasteiger partial charge on any atom is 0.328 e. The lowest BCUT2D eigenvalue weighted by Gasteiger charge is -2.34. The van der Waals surface area contributed by atoms with Gasteiger partial charge in [-0.1, -0.05) is 18.2 Å². The third-order valence-electron chi connectivity index (χ3n) is 5.38. The number of hydrogen-bond acceptors (Lipinski definition) is 10. The van der Waals surface area contributed by atoms with E-state index in [1.165, 1.54) is 5.56 Å². The number of furan rings is 1. The quantitative estimate of drug-likeness (QED) is 0.216. The first-order valence-corrected chi connectivity index (χ1v) is 11.9. The second-order valence-electron chi connectivity index (χ2n) is 8.19. The van der Waals surface area contributed by atoms with E-state index in [0.717, 1.165) is 43.7 Å². The van der Waals surface area contributed by atoms with Crippen LogP contribution in [0.3, 0.4) is 0 Å². The fourth-order valence-electron chi connectivity index (χ4n) is 3.61. The van der Waals surface area contributed by atoms with Crippen LogP contribution in [-0.2, 0) is 16.1 Å². The Labute approximate surface area is 220 Å². The molecule has 0 spiro atoms. The number of carbonyl (C=O) groups is 2. The monoisotopic (exact) mass is 521 g/mol. The Hall–Kier alpha value is -4.71. The van der Waals surface area contributed by atoms with Gasteiger partial charge >= 0.3 is 11.9 Å². The molecule has 0 unspecified atom stereocenters. The van der Waals surface area contributed by atoms with Gasteiger partial charge in [0.1, 0.15) is 5.58 Å². The van der Waals surface area contributed by atoms with Crippen LogP contribution in [0.5, 0.6) is 0 Å². The van der Waals surface area contributed by atoms with Crippen LogP contribution in [0, 0.1) is 0 Å². The molecule has 1 aliphatic heterocycles. The highest BCUT2D eigenvalue weighted by molar-refractivity contribution is 5.89. The van der Waals surface area contributed by atoms with Crippen molar-refractivity contribution in [3.8, 4) is 0 Å². The minimum Gasteiger partial charge on any atom is -0.478 e. The van der Waals surface area contributed by atoms with Crippen LogP contribution in [0.25, 0.3) is 11.0 Å². The van der Waals surface area contributed by atoms with Crippen molar-refractivity contribution < 1.29 is 24.2 Å². The first-order valence-electron chi connectivity index (χ1n) is 11.9. The summed E-state index contributed by atoms with van der Waals surface area (Å²) in [6, 6.07) is 8.39. The first-order chi connectivity index (χ1) is 18.4. The number of hydrogen-bond donors (Lipinski definition) is 4. The number of piperazine rings is 1. The van der Waals surface area contributed by atoms with Crippen molar-refractivity contribution in [3.63, 3.8) is 0 Å². The third kappa shape index (κ3) is 8.75. The van der Waals surface area contributed by atoms with Crippen LogP contribution in [-0.4, -0.2) is 81.3 Å². The Morgan fingerprint density at radius 2 is 1.53 bits per heavy atom. The van der Waals surface area contributed by atoms with E-state index >= 15 is 0 Å². The van der Waals surface area contributed by atoms with E-state index in [2.05, 4.69) is 60.7 Å². The molecule has 1 saturated heterocycles. The molecule has 0 amide bonds. The Morgan fingerprint density at radius 3 is 2.08 bits per heavy atom. The standard InChI is InChI=1S/C22H27N7O.C4H4O4/c1-3-8-23-20-25-21(24-9-4-2)27-22(26-20)29-12-10-28(11-13-29)16-17-5-6-19-18(15-17)7-14-30-19;5-3(6)1-2-4(7)8/h3-7,14-15H,1-2,8-13,16H2,(H2,23,24,25,26,27);1-2H,(H,5,6)(H,7,8)/b;2-1+. The Morgan fingerprint density at radius 1 is 0.921 bits per heavy atom. The maximum absolute atomic E-state index is 9.55. The van der Waals surface area contributed by atoms with E-state index in [0.29, 0.717) is 43.1 Å². The zero-order valence-corrected chi connectivity index (χ0v) is 20.9. The molecule has 0 atom stereocenters. The molecule has 12 nitrogen and oxygen atoms in total. The number of fused-ring (bicyclic) bond motifs is 1. The van der Waals surface area contributed by atoms with Gasteiger partial charge in [-0.2, -0.15) is 15.0 Å². The number of aliphatic carboxylic acids is 2. The predicted molar refractivity (Wildman–Crippen MR) is 145 cm³/mol. The number of carboxylic acid groups (broad SMARTS) is 2. The van der Waals surface area contributed by atoms with E-state index in [4.69, 9.17) is 14.6 Å². The highest BCUT2D eigenvalue weighted by Crippen LogP contribution is 2.20. The molecule has 1 aromatic carbocycles. The van der Waals surface area contributed by atoms with E-state index in [1.807, 2.05) is 12.1 Å². The molecular weight excluding hydrogens is 490 g/mol. The lowest BCUT2D eigenvalue weighted by molar-refractivity contribution is -0.134. The van der Waals surface area contributed by atoms with Gasteiger partial charge in [0.15, 0.2) is 0 Å². The molecule has 0 radical (unpaired) electrons. The fourth-order valence-corrected chi connectivity index (χ4v) is 3.61. The van der Waals surface area contributed by atoms with Crippen LogP contribution >= 0.6 is 0 Å². The highest BCUT2D eigenvalue weighted by atomic mass is 16.4. The zero-order valence-electron chi connectivity index (χ0n) is 20.9. The summed E-state index contributed by atoms with van der Waals surface area (Å²) in [4.78, 5) is 37.4.